The molecule has 3 rings (SSSR count). The fourth-order valence-electron chi connectivity index (χ4n) is 3.65. The Labute approximate surface area is 109 Å². The van der Waals surface area contributed by atoms with Gasteiger partial charge in [0.15, 0.2) is 0 Å². The molecule has 98 valence electrons. The number of phenols is 2. The first-order valence-electron chi connectivity index (χ1n) is 7.29. The SMILES string of the molecule is CCC1CCc2c(O)c3c(c(O)c2C1)CCCC3. The van der Waals surface area contributed by atoms with Crippen LogP contribution in [0.5, 0.6) is 11.5 Å². The van der Waals surface area contributed by atoms with E-state index in [-0.39, 0.29) is 0 Å². The van der Waals surface area contributed by atoms with Crippen molar-refractivity contribution in [2.24, 2.45) is 5.92 Å². The van der Waals surface area contributed by atoms with Gasteiger partial charge in [-0.1, -0.05) is 13.3 Å². The van der Waals surface area contributed by atoms with Gasteiger partial charge in [-0.05, 0) is 50.9 Å². The molecule has 1 aromatic rings. The van der Waals surface area contributed by atoms with Gasteiger partial charge in [0, 0.05) is 22.3 Å². The third-order valence-electron chi connectivity index (χ3n) is 4.85. The molecular weight excluding hydrogens is 224 g/mol. The molecule has 1 atom stereocenters. The van der Waals surface area contributed by atoms with Gasteiger partial charge >= 0.3 is 0 Å². The molecular formula is C16H22O2. The van der Waals surface area contributed by atoms with Crippen molar-refractivity contribution in [3.05, 3.63) is 22.3 Å². The number of benzene rings is 1. The number of rotatable bonds is 1. The molecule has 0 radical (unpaired) electrons. The quantitative estimate of drug-likeness (QED) is 0.745. The molecule has 0 aromatic heterocycles. The molecule has 2 aliphatic carbocycles. The third-order valence-corrected chi connectivity index (χ3v) is 4.85. The van der Waals surface area contributed by atoms with E-state index in [4.69, 9.17) is 0 Å². The zero-order valence-corrected chi connectivity index (χ0v) is 11.1. The van der Waals surface area contributed by atoms with Crippen molar-refractivity contribution >= 4 is 0 Å². The molecule has 2 aliphatic rings. The maximum Gasteiger partial charge on any atom is 0.122 e. The predicted octanol–water partition coefficient (Wildman–Crippen LogP) is 3.49. The fraction of sp³-hybridized carbons (Fsp3) is 0.625. The fourth-order valence-corrected chi connectivity index (χ4v) is 3.65. The van der Waals surface area contributed by atoms with Crippen LogP contribution < -0.4 is 0 Å². The van der Waals surface area contributed by atoms with Gasteiger partial charge in [-0.25, -0.2) is 0 Å². The highest BCUT2D eigenvalue weighted by atomic mass is 16.3. The van der Waals surface area contributed by atoms with Gasteiger partial charge < -0.3 is 10.2 Å². The predicted molar refractivity (Wildman–Crippen MR) is 72.2 cm³/mol. The van der Waals surface area contributed by atoms with Crippen LogP contribution in [0, 0.1) is 5.92 Å². The first kappa shape index (κ1) is 11.9. The van der Waals surface area contributed by atoms with E-state index in [0.29, 0.717) is 17.4 Å². The number of fused-ring (bicyclic) bond motifs is 2. The first-order valence-corrected chi connectivity index (χ1v) is 7.29. The minimum Gasteiger partial charge on any atom is -0.507 e. The van der Waals surface area contributed by atoms with Crippen LogP contribution in [0.15, 0.2) is 0 Å². The molecule has 0 spiro atoms. The minimum atomic E-state index is 0.507. The van der Waals surface area contributed by atoms with Crippen LogP contribution in [0.25, 0.3) is 0 Å². The second-order valence-electron chi connectivity index (χ2n) is 5.84. The summed E-state index contributed by atoms with van der Waals surface area (Å²) in [5.74, 6) is 1.69. The van der Waals surface area contributed by atoms with Crippen LogP contribution in [0.1, 0.15) is 54.9 Å². The Morgan fingerprint density at radius 3 is 2.06 bits per heavy atom. The van der Waals surface area contributed by atoms with E-state index in [2.05, 4.69) is 6.92 Å². The van der Waals surface area contributed by atoms with Crippen molar-refractivity contribution in [2.45, 2.75) is 58.3 Å². The Bertz CT molecular complexity index is 477. The molecule has 0 heterocycles. The molecule has 1 aromatic carbocycles. The Kier molecular flexibility index (Phi) is 2.96. The monoisotopic (exact) mass is 246 g/mol. The minimum absolute atomic E-state index is 0.507. The lowest BCUT2D eigenvalue weighted by Gasteiger charge is -2.29. The van der Waals surface area contributed by atoms with Crippen molar-refractivity contribution in [3.63, 3.8) is 0 Å². The van der Waals surface area contributed by atoms with Gasteiger partial charge in [-0.15, -0.1) is 0 Å². The standard InChI is InChI=1S/C16H22O2/c1-2-10-7-8-13-14(9-10)16(18)12-6-4-3-5-11(12)15(13)17/h10,17-18H,2-9H2,1H3. The second-order valence-corrected chi connectivity index (χ2v) is 5.84. The lowest BCUT2D eigenvalue weighted by atomic mass is 9.77. The van der Waals surface area contributed by atoms with Crippen molar-refractivity contribution in [1.82, 2.24) is 0 Å². The van der Waals surface area contributed by atoms with Gasteiger partial charge in [0.2, 0.25) is 0 Å². The van der Waals surface area contributed by atoms with Crippen LogP contribution in [0.2, 0.25) is 0 Å². The van der Waals surface area contributed by atoms with Crippen molar-refractivity contribution < 1.29 is 10.2 Å². The highest BCUT2D eigenvalue weighted by Crippen LogP contribution is 2.45. The van der Waals surface area contributed by atoms with Crippen LogP contribution >= 0.6 is 0 Å². The summed E-state index contributed by atoms with van der Waals surface area (Å²) in [6, 6.07) is 0. The van der Waals surface area contributed by atoms with Crippen LogP contribution in [-0.2, 0) is 25.7 Å². The van der Waals surface area contributed by atoms with E-state index in [1.165, 1.54) is 0 Å². The average Bonchev–Trinajstić information content (AvgIpc) is 2.44. The molecule has 0 amide bonds. The molecule has 18 heavy (non-hydrogen) atoms. The Balaban J connectivity index is 2.13. The normalized spacial score (nSPS) is 22.4. The summed E-state index contributed by atoms with van der Waals surface area (Å²) in [5, 5.41) is 21.0. The molecule has 0 bridgehead atoms. The molecule has 2 heteroatoms. The summed E-state index contributed by atoms with van der Waals surface area (Å²) >= 11 is 0. The number of hydrogen-bond acceptors (Lipinski definition) is 2. The van der Waals surface area contributed by atoms with Crippen LogP contribution in [-0.4, -0.2) is 10.2 Å². The summed E-state index contributed by atoms with van der Waals surface area (Å²) < 4.78 is 0. The van der Waals surface area contributed by atoms with Gasteiger partial charge in [0.1, 0.15) is 11.5 Å². The van der Waals surface area contributed by atoms with Gasteiger partial charge in [-0.2, -0.15) is 0 Å². The second kappa shape index (κ2) is 4.49. The highest BCUT2D eigenvalue weighted by molar-refractivity contribution is 5.59. The topological polar surface area (TPSA) is 40.5 Å². The molecule has 0 fully saturated rings. The number of aromatic hydroxyl groups is 2. The zero-order valence-electron chi connectivity index (χ0n) is 11.1. The first-order chi connectivity index (χ1) is 8.72. The molecule has 0 saturated carbocycles. The molecule has 0 aliphatic heterocycles. The Morgan fingerprint density at radius 2 is 1.44 bits per heavy atom. The van der Waals surface area contributed by atoms with Gasteiger partial charge in [0.05, 0.1) is 0 Å². The number of phenolic OH excluding ortho intramolecular Hbond substituents is 2. The van der Waals surface area contributed by atoms with E-state index in [9.17, 15) is 10.2 Å². The maximum absolute atomic E-state index is 10.5. The van der Waals surface area contributed by atoms with Crippen LogP contribution in [0.4, 0.5) is 0 Å². The lowest BCUT2D eigenvalue weighted by molar-refractivity contribution is 0.388. The van der Waals surface area contributed by atoms with Crippen molar-refractivity contribution in [1.29, 1.82) is 0 Å². The number of hydrogen-bond donors (Lipinski definition) is 2. The smallest absolute Gasteiger partial charge is 0.122 e. The summed E-state index contributed by atoms with van der Waals surface area (Å²) in [6.07, 6.45) is 8.31. The van der Waals surface area contributed by atoms with E-state index in [1.54, 1.807) is 0 Å². The summed E-state index contributed by atoms with van der Waals surface area (Å²) in [4.78, 5) is 0. The molecule has 2 nitrogen and oxygen atoms in total. The maximum atomic E-state index is 10.5. The zero-order chi connectivity index (χ0) is 12.7. The Hall–Kier alpha value is -1.18. The van der Waals surface area contributed by atoms with Gasteiger partial charge in [0.25, 0.3) is 0 Å². The summed E-state index contributed by atoms with van der Waals surface area (Å²) in [6.45, 7) is 2.21. The van der Waals surface area contributed by atoms with E-state index < -0.39 is 0 Å². The Morgan fingerprint density at radius 1 is 0.889 bits per heavy atom. The molecule has 2 N–H and O–H groups in total. The van der Waals surface area contributed by atoms with E-state index in [0.717, 1.165) is 73.6 Å². The van der Waals surface area contributed by atoms with E-state index in [1.807, 2.05) is 0 Å². The average molecular weight is 246 g/mol. The third kappa shape index (κ3) is 1.70. The van der Waals surface area contributed by atoms with Crippen molar-refractivity contribution in [3.8, 4) is 11.5 Å². The molecule has 1 unspecified atom stereocenters. The largest absolute Gasteiger partial charge is 0.507 e. The van der Waals surface area contributed by atoms with Gasteiger partial charge in [-0.3, -0.25) is 0 Å². The summed E-state index contributed by atoms with van der Waals surface area (Å²) in [7, 11) is 0. The molecule has 0 saturated heterocycles. The highest BCUT2D eigenvalue weighted by Gasteiger charge is 2.28. The van der Waals surface area contributed by atoms with E-state index >= 15 is 0 Å². The van der Waals surface area contributed by atoms with Crippen LogP contribution in [0.3, 0.4) is 0 Å². The summed E-state index contributed by atoms with van der Waals surface area (Å²) in [5.41, 5.74) is 4.16. The lowest BCUT2D eigenvalue weighted by Crippen LogP contribution is -2.17. The van der Waals surface area contributed by atoms with Crippen molar-refractivity contribution in [2.75, 3.05) is 0 Å².